The number of alkyl carbamates (subject to hydrolysis) is 1. The van der Waals surface area contributed by atoms with Crippen LogP contribution in [-0.2, 0) is 28.7 Å². The Morgan fingerprint density at radius 1 is 0.943 bits per heavy atom. The first kappa shape index (κ1) is 29.6. The molecule has 194 valence electrons. The van der Waals surface area contributed by atoms with E-state index in [1.807, 2.05) is 6.92 Å². The lowest BCUT2D eigenvalue weighted by atomic mass is 10.1. The van der Waals surface area contributed by atoms with Gasteiger partial charge < -0.3 is 25.4 Å². The molecule has 3 N–H and O–H groups in total. The Morgan fingerprint density at radius 2 is 1.60 bits per heavy atom. The summed E-state index contributed by atoms with van der Waals surface area (Å²) >= 11 is 0. The minimum Gasteiger partial charge on any atom is -0.464 e. The van der Waals surface area contributed by atoms with Gasteiger partial charge in [-0.1, -0.05) is 57.0 Å². The molecule has 0 fully saturated rings. The Bertz CT molecular complexity index is 866. The van der Waals surface area contributed by atoms with Crippen LogP contribution in [0.5, 0.6) is 0 Å². The van der Waals surface area contributed by atoms with E-state index in [4.69, 9.17) is 9.47 Å². The summed E-state index contributed by atoms with van der Waals surface area (Å²) in [5.74, 6) is -3.23. The van der Waals surface area contributed by atoms with Gasteiger partial charge >= 0.3 is 12.1 Å². The molecule has 1 aromatic carbocycles. The fourth-order valence-electron chi connectivity index (χ4n) is 2.95. The standard InChI is InChI=1S/C25H37N3O7/c1-6-8-15-34-23(32)20(17-13-10-9-11-14-17)28-19(29)16-26-22(31)21(30)18(12-7-2)27-24(33)35-25(3,4)5/h9-11,13-14,18,20H,6-8,12,15-16H2,1-5H3,(H,26,31)(H,27,33)(H,28,29). The third-order valence-electron chi connectivity index (χ3n) is 4.63. The van der Waals surface area contributed by atoms with Crippen molar-refractivity contribution in [2.75, 3.05) is 13.2 Å². The zero-order valence-electron chi connectivity index (χ0n) is 21.1. The smallest absolute Gasteiger partial charge is 0.408 e. The number of nitrogens with one attached hydrogen (secondary N) is 3. The number of rotatable bonds is 13. The summed E-state index contributed by atoms with van der Waals surface area (Å²) in [7, 11) is 0. The summed E-state index contributed by atoms with van der Waals surface area (Å²) in [5, 5.41) is 7.19. The van der Waals surface area contributed by atoms with Crippen molar-refractivity contribution in [3.63, 3.8) is 0 Å². The maximum Gasteiger partial charge on any atom is 0.408 e. The Labute approximate surface area is 206 Å². The van der Waals surface area contributed by atoms with Gasteiger partial charge in [-0.25, -0.2) is 9.59 Å². The van der Waals surface area contributed by atoms with E-state index in [1.165, 1.54) is 0 Å². The van der Waals surface area contributed by atoms with Gasteiger partial charge in [0.15, 0.2) is 6.04 Å². The molecule has 0 spiro atoms. The molecule has 0 aliphatic heterocycles. The van der Waals surface area contributed by atoms with Crippen molar-refractivity contribution in [3.05, 3.63) is 35.9 Å². The number of carbonyl (C=O) groups excluding carboxylic acids is 5. The number of Topliss-reactive ketones (excluding diaryl/α,β-unsaturated/α-hetero) is 1. The van der Waals surface area contributed by atoms with Gasteiger partial charge in [-0.05, 0) is 39.2 Å². The second kappa shape index (κ2) is 14.7. The largest absolute Gasteiger partial charge is 0.464 e. The first-order valence-electron chi connectivity index (χ1n) is 11.8. The van der Waals surface area contributed by atoms with Crippen LogP contribution in [0, 0.1) is 0 Å². The predicted octanol–water partition coefficient (Wildman–Crippen LogP) is 2.57. The lowest BCUT2D eigenvalue weighted by molar-refractivity contribution is -0.148. The first-order valence-corrected chi connectivity index (χ1v) is 11.8. The van der Waals surface area contributed by atoms with Crippen molar-refractivity contribution in [1.29, 1.82) is 0 Å². The van der Waals surface area contributed by atoms with Crippen LogP contribution in [0.15, 0.2) is 30.3 Å². The Hall–Kier alpha value is -3.43. The third-order valence-corrected chi connectivity index (χ3v) is 4.63. The van der Waals surface area contributed by atoms with E-state index >= 15 is 0 Å². The molecule has 0 aliphatic rings. The van der Waals surface area contributed by atoms with E-state index in [9.17, 15) is 24.0 Å². The van der Waals surface area contributed by atoms with Crippen molar-refractivity contribution in [1.82, 2.24) is 16.0 Å². The lowest BCUT2D eigenvalue weighted by Gasteiger charge is -2.22. The lowest BCUT2D eigenvalue weighted by Crippen LogP contribution is -2.50. The molecule has 2 unspecified atom stereocenters. The average Bonchev–Trinajstić information content (AvgIpc) is 2.79. The molecule has 0 heterocycles. The SMILES string of the molecule is CCCCOC(=O)C(NC(=O)CNC(=O)C(=O)C(CCC)NC(=O)OC(C)(C)C)c1ccccc1. The number of unbranched alkanes of at least 4 members (excludes halogenated alkanes) is 1. The van der Waals surface area contributed by atoms with Crippen molar-refractivity contribution < 1.29 is 33.4 Å². The second-order valence-electron chi connectivity index (χ2n) is 8.97. The summed E-state index contributed by atoms with van der Waals surface area (Å²) < 4.78 is 10.4. The highest BCUT2D eigenvalue weighted by molar-refractivity contribution is 6.38. The number of benzene rings is 1. The van der Waals surface area contributed by atoms with Crippen LogP contribution in [0.25, 0.3) is 0 Å². The molecule has 35 heavy (non-hydrogen) atoms. The molecule has 1 rings (SSSR count). The Morgan fingerprint density at radius 3 is 2.17 bits per heavy atom. The maximum atomic E-state index is 12.6. The van der Waals surface area contributed by atoms with Gasteiger partial charge in [-0.3, -0.25) is 14.4 Å². The van der Waals surface area contributed by atoms with E-state index in [0.717, 1.165) is 6.42 Å². The number of ketones is 1. The topological polar surface area (TPSA) is 140 Å². The minimum atomic E-state index is -1.09. The molecule has 10 heteroatoms. The van der Waals surface area contributed by atoms with Gasteiger partial charge in [0.1, 0.15) is 11.6 Å². The molecule has 0 bridgehead atoms. The van der Waals surface area contributed by atoms with Crippen molar-refractivity contribution in [2.24, 2.45) is 0 Å². The van der Waals surface area contributed by atoms with Crippen LogP contribution < -0.4 is 16.0 Å². The molecule has 1 aromatic rings. The van der Waals surface area contributed by atoms with Gasteiger partial charge in [0, 0.05) is 0 Å². The number of ether oxygens (including phenoxy) is 2. The molecule has 0 aromatic heterocycles. The van der Waals surface area contributed by atoms with Crippen molar-refractivity contribution >= 4 is 29.7 Å². The molecule has 0 saturated heterocycles. The first-order chi connectivity index (χ1) is 16.5. The zero-order chi connectivity index (χ0) is 26.4. The van der Waals surface area contributed by atoms with Gasteiger partial charge in [0.2, 0.25) is 11.7 Å². The number of carbonyl (C=O) groups is 5. The van der Waals surface area contributed by atoms with Crippen LogP contribution in [0.1, 0.15) is 71.9 Å². The van der Waals surface area contributed by atoms with Crippen LogP contribution in [0.2, 0.25) is 0 Å². The maximum absolute atomic E-state index is 12.6. The van der Waals surface area contributed by atoms with E-state index in [-0.39, 0.29) is 13.0 Å². The second-order valence-corrected chi connectivity index (χ2v) is 8.97. The van der Waals surface area contributed by atoms with Gasteiger partial charge in [-0.2, -0.15) is 0 Å². The van der Waals surface area contributed by atoms with Gasteiger partial charge in [0.25, 0.3) is 5.91 Å². The molecule has 0 aliphatic carbocycles. The molecular formula is C25H37N3O7. The number of hydrogen-bond acceptors (Lipinski definition) is 7. The highest BCUT2D eigenvalue weighted by Crippen LogP contribution is 2.15. The minimum absolute atomic E-state index is 0.220. The van der Waals surface area contributed by atoms with Crippen LogP contribution >= 0.6 is 0 Å². The molecule has 0 radical (unpaired) electrons. The highest BCUT2D eigenvalue weighted by Gasteiger charge is 2.29. The van der Waals surface area contributed by atoms with E-state index in [0.29, 0.717) is 18.4 Å². The monoisotopic (exact) mass is 491 g/mol. The molecular weight excluding hydrogens is 454 g/mol. The third kappa shape index (κ3) is 11.5. The van der Waals surface area contributed by atoms with E-state index in [2.05, 4.69) is 16.0 Å². The van der Waals surface area contributed by atoms with E-state index < -0.39 is 53.9 Å². The zero-order valence-corrected chi connectivity index (χ0v) is 21.1. The molecule has 10 nitrogen and oxygen atoms in total. The van der Waals surface area contributed by atoms with Crippen LogP contribution in [0.4, 0.5) is 4.79 Å². The average molecular weight is 492 g/mol. The van der Waals surface area contributed by atoms with Crippen molar-refractivity contribution in [3.8, 4) is 0 Å². The normalized spacial score (nSPS) is 12.6. The fraction of sp³-hybridized carbons (Fsp3) is 0.560. The summed E-state index contributed by atoms with van der Waals surface area (Å²) in [4.78, 5) is 62.0. The number of hydrogen-bond donors (Lipinski definition) is 3. The number of esters is 1. The highest BCUT2D eigenvalue weighted by atomic mass is 16.6. The van der Waals surface area contributed by atoms with Crippen molar-refractivity contribution in [2.45, 2.75) is 78.0 Å². The van der Waals surface area contributed by atoms with Gasteiger partial charge in [-0.15, -0.1) is 0 Å². The fourth-order valence-corrected chi connectivity index (χ4v) is 2.95. The molecule has 0 saturated carbocycles. The van der Waals surface area contributed by atoms with Crippen LogP contribution in [-0.4, -0.2) is 54.5 Å². The summed E-state index contributed by atoms with van der Waals surface area (Å²) in [6.45, 7) is 8.48. The van der Waals surface area contributed by atoms with E-state index in [1.54, 1.807) is 58.0 Å². The van der Waals surface area contributed by atoms with Gasteiger partial charge in [0.05, 0.1) is 13.2 Å². The summed E-state index contributed by atoms with van der Waals surface area (Å²) in [5.41, 5.74) is -0.244. The van der Waals surface area contributed by atoms with Crippen LogP contribution in [0.3, 0.4) is 0 Å². The Balaban J connectivity index is 2.74. The summed E-state index contributed by atoms with van der Waals surface area (Å²) in [6, 6.07) is 6.41. The predicted molar refractivity (Wildman–Crippen MR) is 129 cm³/mol. The summed E-state index contributed by atoms with van der Waals surface area (Å²) in [6.07, 6.45) is 1.46. The number of amides is 3. The Kier molecular flexibility index (Phi) is 12.5. The quantitative estimate of drug-likeness (QED) is 0.219. The molecule has 2 atom stereocenters. The molecule has 3 amide bonds.